The second-order valence-corrected chi connectivity index (χ2v) is 9.29. The summed E-state index contributed by atoms with van der Waals surface area (Å²) in [6.07, 6.45) is 9.26. The van der Waals surface area contributed by atoms with Gasteiger partial charge in [0.25, 0.3) is 0 Å². The molecule has 2 atom stereocenters. The van der Waals surface area contributed by atoms with E-state index in [1.165, 1.54) is 50.3 Å². The van der Waals surface area contributed by atoms with Gasteiger partial charge in [0.2, 0.25) is 0 Å². The molecule has 1 aliphatic rings. The van der Waals surface area contributed by atoms with Crippen molar-refractivity contribution in [1.29, 1.82) is 0 Å². The van der Waals surface area contributed by atoms with E-state index in [0.717, 1.165) is 30.7 Å². The molecule has 4 nitrogen and oxygen atoms in total. The first-order valence-electron chi connectivity index (χ1n) is 12.6. The molecule has 1 saturated carbocycles. The number of carbonyl (C=O) groups excluding carboxylic acids is 1. The van der Waals surface area contributed by atoms with Crippen molar-refractivity contribution in [2.24, 2.45) is 0 Å². The fraction of sp³-hybridized carbons (Fsp3) is 0.552. The predicted octanol–water partition coefficient (Wildman–Crippen LogP) is 7.41. The zero-order chi connectivity index (χ0) is 23.6. The molecule has 0 aromatic heterocycles. The first-order chi connectivity index (χ1) is 16.0. The Morgan fingerprint density at radius 1 is 1.03 bits per heavy atom. The van der Waals surface area contributed by atoms with Gasteiger partial charge in [-0.2, -0.15) is 0 Å². The Bertz CT molecular complexity index is 868. The zero-order valence-corrected chi connectivity index (χ0v) is 20.8. The van der Waals surface area contributed by atoms with Crippen LogP contribution in [-0.2, 0) is 15.9 Å². The molecule has 4 heteroatoms. The van der Waals surface area contributed by atoms with E-state index >= 15 is 0 Å². The molecule has 0 amide bonds. The Balaban J connectivity index is 1.47. The van der Waals surface area contributed by atoms with Gasteiger partial charge in [0.05, 0.1) is 13.7 Å². The summed E-state index contributed by atoms with van der Waals surface area (Å²) in [5.74, 6) is 1.23. The van der Waals surface area contributed by atoms with Crippen molar-refractivity contribution in [2.45, 2.75) is 90.3 Å². The lowest BCUT2D eigenvalue weighted by atomic mass is 9.84. The minimum atomic E-state index is -0.448. The lowest BCUT2D eigenvalue weighted by molar-refractivity contribution is -0.0675. The monoisotopic (exact) mass is 452 g/mol. The SMILES string of the molecule is CCC(C)c1ccc(OC(C)OCCCc2ccc(C3CCCCC3)cc2)c(C(=O)OC)c1. The smallest absolute Gasteiger partial charge is 0.341 e. The highest BCUT2D eigenvalue weighted by molar-refractivity contribution is 5.92. The highest BCUT2D eigenvalue weighted by Crippen LogP contribution is 2.32. The Hall–Kier alpha value is -2.33. The van der Waals surface area contributed by atoms with E-state index in [1.807, 2.05) is 25.1 Å². The van der Waals surface area contributed by atoms with E-state index in [9.17, 15) is 4.79 Å². The molecule has 0 saturated heterocycles. The molecule has 0 radical (unpaired) electrons. The van der Waals surface area contributed by atoms with Crippen LogP contribution in [0, 0.1) is 0 Å². The molecule has 0 bridgehead atoms. The van der Waals surface area contributed by atoms with Crippen LogP contribution in [0.4, 0.5) is 0 Å². The molecule has 1 aliphatic carbocycles. The van der Waals surface area contributed by atoms with Crippen molar-refractivity contribution < 1.29 is 19.0 Å². The fourth-order valence-corrected chi connectivity index (χ4v) is 4.59. The van der Waals surface area contributed by atoms with Gasteiger partial charge in [-0.05, 0) is 79.7 Å². The summed E-state index contributed by atoms with van der Waals surface area (Å²) in [6, 6.07) is 14.9. The third-order valence-corrected chi connectivity index (χ3v) is 6.90. The molecule has 180 valence electrons. The summed E-state index contributed by atoms with van der Waals surface area (Å²) < 4.78 is 16.8. The quantitative estimate of drug-likeness (QED) is 0.202. The summed E-state index contributed by atoms with van der Waals surface area (Å²) in [7, 11) is 1.39. The first kappa shape index (κ1) is 25.3. The number of benzene rings is 2. The average molecular weight is 453 g/mol. The van der Waals surface area contributed by atoms with E-state index in [1.54, 1.807) is 0 Å². The van der Waals surface area contributed by atoms with Gasteiger partial charge in [0, 0.05) is 0 Å². The van der Waals surface area contributed by atoms with Gasteiger partial charge in [-0.25, -0.2) is 4.79 Å². The van der Waals surface area contributed by atoms with Crippen molar-refractivity contribution in [1.82, 2.24) is 0 Å². The maximum Gasteiger partial charge on any atom is 0.341 e. The average Bonchev–Trinajstić information content (AvgIpc) is 2.86. The lowest BCUT2D eigenvalue weighted by Crippen LogP contribution is -2.19. The molecule has 0 heterocycles. The maximum absolute atomic E-state index is 12.3. The van der Waals surface area contributed by atoms with Gasteiger partial charge in [-0.1, -0.05) is 63.4 Å². The van der Waals surface area contributed by atoms with Crippen LogP contribution in [0.3, 0.4) is 0 Å². The second kappa shape index (κ2) is 12.8. The first-order valence-corrected chi connectivity index (χ1v) is 12.6. The molecule has 1 fully saturated rings. The highest BCUT2D eigenvalue weighted by atomic mass is 16.7. The van der Waals surface area contributed by atoms with Crippen LogP contribution in [0.25, 0.3) is 0 Å². The molecular weight excluding hydrogens is 412 g/mol. The third-order valence-electron chi connectivity index (χ3n) is 6.90. The van der Waals surface area contributed by atoms with Crippen LogP contribution >= 0.6 is 0 Å². The van der Waals surface area contributed by atoms with Crippen LogP contribution < -0.4 is 4.74 Å². The summed E-state index contributed by atoms with van der Waals surface area (Å²) in [6.45, 7) is 6.74. The minimum Gasteiger partial charge on any atom is -0.465 e. The molecule has 0 spiro atoms. The number of ether oxygens (including phenoxy) is 3. The summed E-state index contributed by atoms with van der Waals surface area (Å²) in [4.78, 5) is 12.3. The van der Waals surface area contributed by atoms with Gasteiger partial charge < -0.3 is 14.2 Å². The second-order valence-electron chi connectivity index (χ2n) is 9.29. The molecular formula is C29H40O4. The summed E-state index contributed by atoms with van der Waals surface area (Å²) >= 11 is 0. The largest absolute Gasteiger partial charge is 0.465 e. The Morgan fingerprint density at radius 2 is 1.76 bits per heavy atom. The van der Waals surface area contributed by atoms with Gasteiger partial charge in [-0.3, -0.25) is 0 Å². The normalized spacial score (nSPS) is 16.2. The van der Waals surface area contributed by atoms with E-state index in [2.05, 4.69) is 38.1 Å². The molecule has 3 rings (SSSR count). The zero-order valence-electron chi connectivity index (χ0n) is 20.8. The number of carbonyl (C=O) groups is 1. The van der Waals surface area contributed by atoms with Crippen molar-refractivity contribution in [3.05, 3.63) is 64.7 Å². The Labute approximate surface area is 199 Å². The van der Waals surface area contributed by atoms with Crippen molar-refractivity contribution in [2.75, 3.05) is 13.7 Å². The van der Waals surface area contributed by atoms with Gasteiger partial charge >= 0.3 is 5.97 Å². The molecule has 0 aliphatic heterocycles. The van der Waals surface area contributed by atoms with Gasteiger partial charge in [0.1, 0.15) is 11.3 Å². The van der Waals surface area contributed by atoms with Gasteiger partial charge in [-0.15, -0.1) is 0 Å². The van der Waals surface area contributed by atoms with Crippen LogP contribution in [0.1, 0.15) is 105 Å². The standard InChI is InChI=1S/C29H40O4/c1-5-21(2)26-17-18-28(27(20-26)29(30)31-4)33-22(3)32-19-9-10-23-13-15-25(16-14-23)24-11-7-6-8-12-24/h13-18,20-22,24H,5-12,19H2,1-4H3. The summed E-state index contributed by atoms with van der Waals surface area (Å²) in [5, 5.41) is 0. The van der Waals surface area contributed by atoms with E-state index in [4.69, 9.17) is 14.2 Å². The third kappa shape index (κ3) is 7.33. The van der Waals surface area contributed by atoms with Crippen molar-refractivity contribution in [3.8, 4) is 5.75 Å². The number of hydrogen-bond donors (Lipinski definition) is 0. The van der Waals surface area contributed by atoms with Gasteiger partial charge in [0.15, 0.2) is 6.29 Å². The van der Waals surface area contributed by atoms with Crippen LogP contribution in [-0.4, -0.2) is 26.0 Å². The molecule has 2 aromatic carbocycles. The number of rotatable bonds is 11. The van der Waals surface area contributed by atoms with Crippen LogP contribution in [0.15, 0.2) is 42.5 Å². The van der Waals surface area contributed by atoms with E-state index in [0.29, 0.717) is 23.8 Å². The number of aryl methyl sites for hydroxylation is 1. The Morgan fingerprint density at radius 3 is 2.42 bits per heavy atom. The minimum absolute atomic E-state index is 0.368. The molecule has 2 unspecified atom stereocenters. The number of esters is 1. The summed E-state index contributed by atoms with van der Waals surface area (Å²) in [5.41, 5.74) is 4.40. The van der Waals surface area contributed by atoms with E-state index in [-0.39, 0.29) is 5.97 Å². The maximum atomic E-state index is 12.3. The molecule has 2 aromatic rings. The van der Waals surface area contributed by atoms with E-state index < -0.39 is 6.29 Å². The van der Waals surface area contributed by atoms with Crippen LogP contribution in [0.2, 0.25) is 0 Å². The molecule has 0 N–H and O–H groups in total. The fourth-order valence-electron chi connectivity index (χ4n) is 4.59. The van der Waals surface area contributed by atoms with Crippen molar-refractivity contribution in [3.63, 3.8) is 0 Å². The van der Waals surface area contributed by atoms with Crippen LogP contribution in [0.5, 0.6) is 5.75 Å². The topological polar surface area (TPSA) is 44.8 Å². The number of hydrogen-bond acceptors (Lipinski definition) is 4. The lowest BCUT2D eigenvalue weighted by Gasteiger charge is -2.22. The Kier molecular flexibility index (Phi) is 9.80. The number of methoxy groups -OCH3 is 1. The highest BCUT2D eigenvalue weighted by Gasteiger charge is 2.18. The predicted molar refractivity (Wildman–Crippen MR) is 133 cm³/mol. The molecule has 33 heavy (non-hydrogen) atoms. The van der Waals surface area contributed by atoms with Crippen molar-refractivity contribution >= 4 is 5.97 Å².